The van der Waals surface area contributed by atoms with E-state index >= 15 is 0 Å². The zero-order valence-electron chi connectivity index (χ0n) is 8.48. The zero-order chi connectivity index (χ0) is 11.7. The van der Waals surface area contributed by atoms with Crippen molar-refractivity contribution in [2.45, 2.75) is 11.2 Å². The Morgan fingerprint density at radius 3 is 3.00 bits per heavy atom. The Morgan fingerprint density at radius 2 is 2.44 bits per heavy atom. The number of rotatable bonds is 2. The number of methoxy groups -OCH3 is 1. The van der Waals surface area contributed by atoms with Crippen LogP contribution in [-0.2, 0) is 4.79 Å². The molecule has 2 heterocycles. The first-order valence-electron chi connectivity index (χ1n) is 4.62. The van der Waals surface area contributed by atoms with Gasteiger partial charge in [-0.15, -0.1) is 0 Å². The molecule has 86 valence electrons. The third-order valence-electron chi connectivity index (χ3n) is 2.26. The lowest BCUT2D eigenvalue weighted by Crippen LogP contribution is -2.26. The number of anilines is 1. The summed E-state index contributed by atoms with van der Waals surface area (Å²) in [6.07, 6.45) is 1.91. The number of hydrogen-bond acceptors (Lipinski definition) is 4. The highest BCUT2D eigenvalue weighted by Gasteiger charge is 2.31. The number of nitrogens with zero attached hydrogens (tertiary/aromatic N) is 3. The normalized spacial score (nSPS) is 20.3. The third-order valence-corrected chi connectivity index (χ3v) is 3.06. The smallest absolute Gasteiger partial charge is 0.229 e. The summed E-state index contributed by atoms with van der Waals surface area (Å²) in [4.78, 5) is 21.2. The van der Waals surface area contributed by atoms with E-state index < -0.39 is 0 Å². The van der Waals surface area contributed by atoms with Crippen molar-refractivity contribution in [1.29, 1.82) is 0 Å². The maximum absolute atomic E-state index is 11.7. The molecule has 2 rings (SSSR count). The first kappa shape index (κ1) is 11.6. The van der Waals surface area contributed by atoms with Crippen LogP contribution in [0.25, 0.3) is 0 Å². The minimum atomic E-state index is -0.00468. The van der Waals surface area contributed by atoms with Crippen LogP contribution in [0.2, 0.25) is 5.28 Å². The molecule has 0 aromatic carbocycles. The molecule has 7 heteroatoms. The highest BCUT2D eigenvalue weighted by Crippen LogP contribution is 2.31. The summed E-state index contributed by atoms with van der Waals surface area (Å²) in [7, 11) is 1.50. The minimum absolute atomic E-state index is 0.00468. The average Bonchev–Trinajstić information content (AvgIpc) is 2.57. The van der Waals surface area contributed by atoms with Gasteiger partial charge in [0.2, 0.25) is 11.2 Å². The number of amides is 1. The van der Waals surface area contributed by atoms with Crippen LogP contribution >= 0.6 is 27.5 Å². The lowest BCUT2D eigenvalue weighted by atomic mass is 10.4. The number of alkyl halides is 1. The van der Waals surface area contributed by atoms with Gasteiger partial charge in [0.05, 0.1) is 13.3 Å². The van der Waals surface area contributed by atoms with E-state index in [9.17, 15) is 4.79 Å². The van der Waals surface area contributed by atoms with Crippen LogP contribution in [0.3, 0.4) is 0 Å². The van der Waals surface area contributed by atoms with Crippen molar-refractivity contribution in [3.63, 3.8) is 0 Å². The van der Waals surface area contributed by atoms with Crippen molar-refractivity contribution in [3.05, 3.63) is 11.5 Å². The Hall–Kier alpha value is -0.880. The van der Waals surface area contributed by atoms with Crippen molar-refractivity contribution in [1.82, 2.24) is 9.97 Å². The quantitative estimate of drug-likeness (QED) is 0.616. The molecular weight excluding hydrogens is 297 g/mol. The summed E-state index contributed by atoms with van der Waals surface area (Å²) in [5.74, 6) is 0.865. The number of carbonyl (C=O) groups excluding carboxylic acids is 1. The van der Waals surface area contributed by atoms with Crippen molar-refractivity contribution < 1.29 is 9.53 Å². The number of hydrogen-bond donors (Lipinski definition) is 0. The molecule has 1 atom stereocenters. The number of aromatic nitrogens is 2. The maximum atomic E-state index is 11.7. The van der Waals surface area contributed by atoms with Gasteiger partial charge in [0.1, 0.15) is 0 Å². The second-order valence-corrected chi connectivity index (χ2v) is 4.97. The van der Waals surface area contributed by atoms with Gasteiger partial charge in [0.25, 0.3) is 0 Å². The molecule has 0 saturated carbocycles. The molecule has 0 spiro atoms. The van der Waals surface area contributed by atoms with E-state index in [-0.39, 0.29) is 16.0 Å². The van der Waals surface area contributed by atoms with E-state index in [4.69, 9.17) is 16.3 Å². The molecule has 0 N–H and O–H groups in total. The van der Waals surface area contributed by atoms with Gasteiger partial charge in [-0.05, 0) is 11.6 Å². The Labute approximate surface area is 106 Å². The Bertz CT molecular complexity index is 429. The van der Waals surface area contributed by atoms with E-state index in [1.807, 2.05) is 0 Å². The van der Waals surface area contributed by atoms with E-state index in [0.29, 0.717) is 24.5 Å². The van der Waals surface area contributed by atoms with E-state index in [0.717, 1.165) is 0 Å². The second-order valence-electron chi connectivity index (χ2n) is 3.34. The fraction of sp³-hybridized carbons (Fsp3) is 0.444. The topological polar surface area (TPSA) is 55.3 Å². The molecule has 1 saturated heterocycles. The maximum Gasteiger partial charge on any atom is 0.229 e. The summed E-state index contributed by atoms with van der Waals surface area (Å²) in [6, 6.07) is 0. The van der Waals surface area contributed by atoms with Crippen molar-refractivity contribution in [3.8, 4) is 5.75 Å². The van der Waals surface area contributed by atoms with Gasteiger partial charge in [0, 0.05) is 17.8 Å². The Balaban J connectivity index is 2.39. The summed E-state index contributed by atoms with van der Waals surface area (Å²) in [5.41, 5.74) is 0. The molecule has 1 amide bonds. The van der Waals surface area contributed by atoms with Gasteiger partial charge in [-0.2, -0.15) is 4.98 Å². The molecule has 1 unspecified atom stereocenters. The molecule has 16 heavy (non-hydrogen) atoms. The molecule has 0 aliphatic carbocycles. The molecule has 1 fully saturated rings. The summed E-state index contributed by atoms with van der Waals surface area (Å²) in [6.45, 7) is 0.558. The Morgan fingerprint density at radius 1 is 1.69 bits per heavy atom. The first-order chi connectivity index (χ1) is 7.61. The molecule has 0 bridgehead atoms. The van der Waals surface area contributed by atoms with Gasteiger partial charge in [0.15, 0.2) is 11.6 Å². The molecule has 5 nitrogen and oxygen atoms in total. The minimum Gasteiger partial charge on any atom is -0.491 e. The fourth-order valence-electron chi connectivity index (χ4n) is 1.55. The van der Waals surface area contributed by atoms with Gasteiger partial charge in [-0.25, -0.2) is 4.98 Å². The van der Waals surface area contributed by atoms with Crippen LogP contribution in [0.15, 0.2) is 6.20 Å². The number of carbonyl (C=O) groups is 1. The van der Waals surface area contributed by atoms with Crippen molar-refractivity contribution >= 4 is 39.3 Å². The largest absolute Gasteiger partial charge is 0.491 e. The first-order valence-corrected chi connectivity index (χ1v) is 5.92. The molecule has 0 radical (unpaired) electrons. The highest BCUT2D eigenvalue weighted by molar-refractivity contribution is 9.09. The SMILES string of the molecule is COc1cnc(Cl)nc1N1CC(Br)CC1=O. The molecule has 1 aliphatic heterocycles. The zero-order valence-corrected chi connectivity index (χ0v) is 10.8. The van der Waals surface area contributed by atoms with Crippen LogP contribution in [0.1, 0.15) is 6.42 Å². The molecular formula is C9H9BrClN3O2. The second kappa shape index (κ2) is 4.55. The van der Waals surface area contributed by atoms with Crippen molar-refractivity contribution in [2.24, 2.45) is 0 Å². The van der Waals surface area contributed by atoms with Gasteiger partial charge in [-0.3, -0.25) is 9.69 Å². The standard InChI is InChI=1S/C9H9BrClN3O2/c1-16-6-3-12-9(11)13-8(6)14-4-5(10)2-7(14)15/h3,5H,2,4H2,1H3. The molecule has 1 aliphatic rings. The fourth-order valence-corrected chi connectivity index (χ4v) is 2.24. The lowest BCUT2D eigenvalue weighted by Gasteiger charge is -2.17. The summed E-state index contributed by atoms with van der Waals surface area (Å²) < 4.78 is 5.10. The van der Waals surface area contributed by atoms with Crippen LogP contribution in [0, 0.1) is 0 Å². The van der Waals surface area contributed by atoms with Crippen LogP contribution in [-0.4, -0.2) is 34.4 Å². The van der Waals surface area contributed by atoms with Gasteiger partial charge < -0.3 is 4.74 Å². The predicted molar refractivity (Wildman–Crippen MR) is 63.3 cm³/mol. The van der Waals surface area contributed by atoms with Gasteiger partial charge in [-0.1, -0.05) is 15.9 Å². The van der Waals surface area contributed by atoms with Crippen LogP contribution in [0.4, 0.5) is 5.82 Å². The van der Waals surface area contributed by atoms with E-state index in [1.165, 1.54) is 13.3 Å². The van der Waals surface area contributed by atoms with E-state index in [1.54, 1.807) is 4.90 Å². The molecule has 1 aromatic heterocycles. The van der Waals surface area contributed by atoms with Crippen LogP contribution in [0.5, 0.6) is 5.75 Å². The third kappa shape index (κ3) is 2.12. The molecule has 1 aromatic rings. The van der Waals surface area contributed by atoms with Crippen molar-refractivity contribution in [2.75, 3.05) is 18.6 Å². The number of ether oxygens (including phenoxy) is 1. The summed E-state index contributed by atoms with van der Waals surface area (Å²) in [5, 5.41) is 0.0987. The van der Waals surface area contributed by atoms with Crippen LogP contribution < -0.4 is 9.64 Å². The van der Waals surface area contributed by atoms with E-state index in [2.05, 4.69) is 25.9 Å². The number of halogens is 2. The monoisotopic (exact) mass is 305 g/mol. The highest BCUT2D eigenvalue weighted by atomic mass is 79.9. The summed E-state index contributed by atoms with van der Waals surface area (Å²) >= 11 is 9.11. The predicted octanol–water partition coefficient (Wildman–Crippen LogP) is 1.64. The average molecular weight is 307 g/mol. The Kier molecular flexibility index (Phi) is 3.30. The van der Waals surface area contributed by atoms with Gasteiger partial charge >= 0.3 is 0 Å². The lowest BCUT2D eigenvalue weighted by molar-refractivity contribution is -0.117.